The first-order chi connectivity index (χ1) is 17.2. The summed E-state index contributed by atoms with van der Waals surface area (Å²) in [5, 5.41) is 30.1. The predicted octanol–water partition coefficient (Wildman–Crippen LogP) is 6.44. The van der Waals surface area contributed by atoms with Gasteiger partial charge in [-0.2, -0.15) is 0 Å². The highest BCUT2D eigenvalue weighted by atomic mass is 35.5. The fourth-order valence-electron chi connectivity index (χ4n) is 4.06. The van der Waals surface area contributed by atoms with Crippen LogP contribution in [0.1, 0.15) is 36.9 Å². The van der Waals surface area contributed by atoms with Gasteiger partial charge in [0.05, 0.1) is 23.6 Å². The summed E-state index contributed by atoms with van der Waals surface area (Å²) < 4.78 is 7.06. The van der Waals surface area contributed by atoms with Crippen molar-refractivity contribution in [2.24, 2.45) is 0 Å². The van der Waals surface area contributed by atoms with Crippen molar-refractivity contribution in [3.8, 4) is 17.5 Å². The Morgan fingerprint density at radius 2 is 1.81 bits per heavy atom. The molecule has 0 fully saturated rings. The standard InChI is InChI=1S/C26H30Cl2N2O5S/c1-3-10-29(21(15-26(33)34)18-5-6-19(27)20(28)14-18)16-17-4-7-23(22(13-17)35-2)36-12-11-30-24(31)8-9-25(30)32/h4-9,13-14,21,31-32H,3,10-12,15-16H2,1-2H3,(H,33,34). The van der Waals surface area contributed by atoms with Gasteiger partial charge in [-0.3, -0.25) is 14.3 Å². The second-order valence-corrected chi connectivity index (χ2v) is 10.2. The lowest BCUT2D eigenvalue weighted by Gasteiger charge is -2.31. The number of aliphatic carboxylic acids is 1. The van der Waals surface area contributed by atoms with Gasteiger partial charge in [0.15, 0.2) is 11.8 Å². The minimum absolute atomic E-state index is 0.0179. The van der Waals surface area contributed by atoms with Crippen LogP contribution in [-0.4, -0.2) is 50.2 Å². The number of benzene rings is 2. The molecule has 0 spiro atoms. The molecular weight excluding hydrogens is 523 g/mol. The number of hydrogen-bond acceptors (Lipinski definition) is 6. The zero-order valence-electron chi connectivity index (χ0n) is 20.2. The predicted molar refractivity (Wildman–Crippen MR) is 144 cm³/mol. The lowest BCUT2D eigenvalue weighted by atomic mass is 10.0. The normalized spacial score (nSPS) is 12.1. The number of carboxylic acids is 1. The maximum absolute atomic E-state index is 11.7. The Labute approximate surface area is 225 Å². The van der Waals surface area contributed by atoms with Crippen LogP contribution in [0.4, 0.5) is 0 Å². The zero-order chi connectivity index (χ0) is 26.2. The van der Waals surface area contributed by atoms with Crippen LogP contribution >= 0.6 is 35.0 Å². The second kappa shape index (κ2) is 13.1. The maximum Gasteiger partial charge on any atom is 0.305 e. The molecule has 0 amide bonds. The van der Waals surface area contributed by atoms with Gasteiger partial charge in [0, 0.05) is 41.9 Å². The van der Waals surface area contributed by atoms with Crippen molar-refractivity contribution in [1.82, 2.24) is 9.47 Å². The molecule has 36 heavy (non-hydrogen) atoms. The van der Waals surface area contributed by atoms with Gasteiger partial charge in [0.1, 0.15) is 5.75 Å². The van der Waals surface area contributed by atoms with Crippen LogP contribution in [0.5, 0.6) is 17.5 Å². The first-order valence-corrected chi connectivity index (χ1v) is 13.3. The molecule has 0 bridgehead atoms. The molecule has 2 aromatic carbocycles. The lowest BCUT2D eigenvalue weighted by Crippen LogP contribution is -2.31. The summed E-state index contributed by atoms with van der Waals surface area (Å²) in [5.41, 5.74) is 1.79. The number of nitrogens with zero attached hydrogens (tertiary/aromatic N) is 2. The Bertz CT molecular complexity index is 1170. The van der Waals surface area contributed by atoms with E-state index in [0.717, 1.165) is 22.4 Å². The van der Waals surface area contributed by atoms with Crippen LogP contribution in [0, 0.1) is 0 Å². The number of ether oxygens (including phenoxy) is 1. The number of aromatic nitrogens is 1. The molecule has 3 N–H and O–H groups in total. The number of carbonyl (C=O) groups is 1. The van der Waals surface area contributed by atoms with E-state index in [4.69, 9.17) is 27.9 Å². The summed E-state index contributed by atoms with van der Waals surface area (Å²) in [6.45, 7) is 3.71. The van der Waals surface area contributed by atoms with Gasteiger partial charge in [-0.15, -0.1) is 11.8 Å². The number of thioether (sulfide) groups is 1. The third-order valence-electron chi connectivity index (χ3n) is 5.77. The molecule has 194 valence electrons. The van der Waals surface area contributed by atoms with Gasteiger partial charge >= 0.3 is 5.97 Å². The first kappa shape index (κ1) is 28.1. The number of hydrogen-bond donors (Lipinski definition) is 3. The summed E-state index contributed by atoms with van der Waals surface area (Å²) in [5.74, 6) is 0.468. The van der Waals surface area contributed by atoms with E-state index in [2.05, 4.69) is 11.8 Å². The molecule has 10 heteroatoms. The van der Waals surface area contributed by atoms with Crippen LogP contribution < -0.4 is 4.74 Å². The number of rotatable bonds is 13. The molecule has 1 atom stereocenters. The summed E-state index contributed by atoms with van der Waals surface area (Å²) in [4.78, 5) is 14.8. The maximum atomic E-state index is 11.7. The lowest BCUT2D eigenvalue weighted by molar-refractivity contribution is -0.138. The third kappa shape index (κ3) is 7.26. The number of carboxylic acid groups (broad SMARTS) is 1. The fraction of sp³-hybridized carbons (Fsp3) is 0.346. The Balaban J connectivity index is 1.78. The smallest absolute Gasteiger partial charge is 0.305 e. The highest BCUT2D eigenvalue weighted by Gasteiger charge is 2.24. The molecule has 0 aliphatic rings. The quantitative estimate of drug-likeness (QED) is 0.210. The minimum Gasteiger partial charge on any atom is -0.496 e. The van der Waals surface area contributed by atoms with Gasteiger partial charge in [-0.1, -0.05) is 42.3 Å². The van der Waals surface area contributed by atoms with Gasteiger partial charge < -0.3 is 20.1 Å². The van der Waals surface area contributed by atoms with Crippen LogP contribution in [0.15, 0.2) is 53.4 Å². The van der Waals surface area contributed by atoms with E-state index in [0.29, 0.717) is 41.2 Å². The number of aromatic hydroxyl groups is 2. The van der Waals surface area contributed by atoms with Gasteiger partial charge in [-0.05, 0) is 48.4 Å². The average molecular weight is 554 g/mol. The molecule has 0 saturated heterocycles. The molecule has 0 saturated carbocycles. The second-order valence-electron chi connectivity index (χ2n) is 8.29. The van der Waals surface area contributed by atoms with Crippen LogP contribution in [0.25, 0.3) is 0 Å². The Kier molecular flexibility index (Phi) is 10.2. The Morgan fingerprint density at radius 1 is 1.08 bits per heavy atom. The molecule has 1 unspecified atom stereocenters. The molecule has 3 aromatic rings. The minimum atomic E-state index is -0.892. The fourth-order valence-corrected chi connectivity index (χ4v) is 5.31. The Hall–Kier alpha value is -2.52. The largest absolute Gasteiger partial charge is 0.496 e. The van der Waals surface area contributed by atoms with E-state index in [1.165, 1.54) is 16.7 Å². The van der Waals surface area contributed by atoms with Gasteiger partial charge in [0.25, 0.3) is 0 Å². The average Bonchev–Trinajstić information content (AvgIpc) is 3.17. The summed E-state index contributed by atoms with van der Waals surface area (Å²) in [7, 11) is 1.61. The van der Waals surface area contributed by atoms with Crippen molar-refractivity contribution < 1.29 is 24.9 Å². The molecule has 7 nitrogen and oxygen atoms in total. The van der Waals surface area contributed by atoms with E-state index >= 15 is 0 Å². The first-order valence-electron chi connectivity index (χ1n) is 11.5. The summed E-state index contributed by atoms with van der Waals surface area (Å²) >= 11 is 13.9. The van der Waals surface area contributed by atoms with Crippen LogP contribution in [0.2, 0.25) is 10.0 Å². The van der Waals surface area contributed by atoms with Crippen molar-refractivity contribution in [3.05, 3.63) is 69.7 Å². The number of methoxy groups -OCH3 is 1. The summed E-state index contributed by atoms with van der Waals surface area (Å²) in [6, 6.07) is 13.7. The van der Waals surface area contributed by atoms with Crippen molar-refractivity contribution in [1.29, 1.82) is 0 Å². The zero-order valence-corrected chi connectivity index (χ0v) is 22.5. The van der Waals surface area contributed by atoms with E-state index < -0.39 is 5.97 Å². The van der Waals surface area contributed by atoms with E-state index in [9.17, 15) is 20.1 Å². The molecule has 1 heterocycles. The van der Waals surface area contributed by atoms with Crippen molar-refractivity contribution in [2.45, 2.75) is 43.8 Å². The topological polar surface area (TPSA) is 95.2 Å². The highest BCUT2D eigenvalue weighted by molar-refractivity contribution is 7.99. The molecule has 1 aromatic heterocycles. The van der Waals surface area contributed by atoms with Gasteiger partial charge in [-0.25, -0.2) is 0 Å². The summed E-state index contributed by atoms with van der Waals surface area (Å²) in [6.07, 6.45) is 0.781. The molecule has 3 rings (SSSR count). The van der Waals surface area contributed by atoms with Crippen molar-refractivity contribution in [3.63, 3.8) is 0 Å². The third-order valence-corrected chi connectivity index (χ3v) is 7.54. The van der Waals surface area contributed by atoms with Crippen LogP contribution in [0.3, 0.4) is 0 Å². The van der Waals surface area contributed by atoms with E-state index in [1.54, 1.807) is 31.0 Å². The van der Waals surface area contributed by atoms with E-state index in [-0.39, 0.29) is 24.2 Å². The molecular formula is C26H30Cl2N2O5S. The molecule has 0 aliphatic carbocycles. The molecule has 0 radical (unpaired) electrons. The highest BCUT2D eigenvalue weighted by Crippen LogP contribution is 2.34. The monoisotopic (exact) mass is 552 g/mol. The van der Waals surface area contributed by atoms with Crippen molar-refractivity contribution in [2.75, 3.05) is 19.4 Å². The van der Waals surface area contributed by atoms with Gasteiger partial charge in [0.2, 0.25) is 0 Å². The SMILES string of the molecule is CCCN(Cc1ccc(SCCn2c(O)ccc2O)c(OC)c1)C(CC(=O)O)c1ccc(Cl)c(Cl)c1. The number of halogens is 2. The van der Waals surface area contributed by atoms with E-state index in [1.807, 2.05) is 24.3 Å². The van der Waals surface area contributed by atoms with Crippen LogP contribution in [-0.2, 0) is 17.9 Å². The van der Waals surface area contributed by atoms with Crippen molar-refractivity contribution >= 4 is 40.9 Å². The Morgan fingerprint density at radius 3 is 2.42 bits per heavy atom. The molecule has 0 aliphatic heterocycles.